The summed E-state index contributed by atoms with van der Waals surface area (Å²) < 4.78 is 24.8. The monoisotopic (exact) mass is 334 g/mol. The molecule has 0 unspecified atom stereocenters. The molecule has 130 valence electrons. The third kappa shape index (κ3) is 3.21. The molecule has 0 spiro atoms. The molecule has 1 aromatic carbocycles. The Balaban J connectivity index is 1.79. The fourth-order valence-corrected chi connectivity index (χ4v) is 2.93. The zero-order valence-electron chi connectivity index (χ0n) is 14.5. The molecular weight excluding hydrogens is 311 g/mol. The molecule has 0 radical (unpaired) electrons. The first-order valence-corrected chi connectivity index (χ1v) is 8.16. The van der Waals surface area contributed by atoms with E-state index in [0.717, 1.165) is 31.7 Å². The van der Waals surface area contributed by atoms with Crippen LogP contribution in [0.1, 0.15) is 19.4 Å². The standard InChI is InChI=1S/C17H23FN4O2/c1-11(2)21-5-7-22(8-6-21)17-19-16(24-20-17)13-10-15(23-4)12(3)9-14(13)18/h9-11H,5-8H2,1-4H3. The Labute approximate surface area is 141 Å². The highest BCUT2D eigenvalue weighted by Crippen LogP contribution is 2.30. The van der Waals surface area contributed by atoms with E-state index in [1.54, 1.807) is 20.1 Å². The van der Waals surface area contributed by atoms with Crippen LogP contribution in [0, 0.1) is 12.7 Å². The van der Waals surface area contributed by atoms with E-state index in [-0.39, 0.29) is 11.5 Å². The van der Waals surface area contributed by atoms with Gasteiger partial charge in [0, 0.05) is 32.2 Å². The summed E-state index contributed by atoms with van der Waals surface area (Å²) in [6.45, 7) is 9.74. The summed E-state index contributed by atoms with van der Waals surface area (Å²) in [5, 5.41) is 4.02. The molecule has 1 aliphatic heterocycles. The highest BCUT2D eigenvalue weighted by Gasteiger charge is 2.23. The summed E-state index contributed by atoms with van der Waals surface area (Å²) in [6.07, 6.45) is 0. The number of aryl methyl sites for hydroxylation is 1. The van der Waals surface area contributed by atoms with Crippen molar-refractivity contribution in [2.75, 3.05) is 38.2 Å². The summed E-state index contributed by atoms with van der Waals surface area (Å²) in [4.78, 5) is 8.84. The van der Waals surface area contributed by atoms with Gasteiger partial charge < -0.3 is 14.2 Å². The lowest BCUT2D eigenvalue weighted by atomic mass is 10.1. The first kappa shape index (κ1) is 16.7. The Bertz CT molecular complexity index is 709. The number of anilines is 1. The van der Waals surface area contributed by atoms with Crippen LogP contribution in [0.3, 0.4) is 0 Å². The molecule has 0 N–H and O–H groups in total. The zero-order chi connectivity index (χ0) is 17.3. The van der Waals surface area contributed by atoms with Crippen LogP contribution in [0.2, 0.25) is 0 Å². The number of methoxy groups -OCH3 is 1. The van der Waals surface area contributed by atoms with Crippen molar-refractivity contribution in [3.05, 3.63) is 23.5 Å². The molecule has 7 heteroatoms. The minimum absolute atomic E-state index is 0.173. The molecule has 0 amide bonds. The fourth-order valence-electron chi connectivity index (χ4n) is 2.93. The van der Waals surface area contributed by atoms with E-state index >= 15 is 0 Å². The van der Waals surface area contributed by atoms with E-state index in [4.69, 9.17) is 9.26 Å². The Morgan fingerprint density at radius 1 is 1.21 bits per heavy atom. The van der Waals surface area contributed by atoms with Crippen LogP contribution in [0.15, 0.2) is 16.7 Å². The van der Waals surface area contributed by atoms with Crippen molar-refractivity contribution in [1.29, 1.82) is 0 Å². The average molecular weight is 334 g/mol. The van der Waals surface area contributed by atoms with Crippen molar-refractivity contribution in [1.82, 2.24) is 15.0 Å². The van der Waals surface area contributed by atoms with Crippen LogP contribution in [0.25, 0.3) is 11.5 Å². The molecule has 24 heavy (non-hydrogen) atoms. The predicted octanol–water partition coefficient (Wildman–Crippen LogP) is 2.72. The first-order chi connectivity index (χ1) is 11.5. The Morgan fingerprint density at radius 3 is 2.54 bits per heavy atom. The predicted molar refractivity (Wildman–Crippen MR) is 89.9 cm³/mol. The topological polar surface area (TPSA) is 54.6 Å². The van der Waals surface area contributed by atoms with E-state index in [1.165, 1.54) is 6.07 Å². The largest absolute Gasteiger partial charge is 0.496 e. The molecule has 6 nitrogen and oxygen atoms in total. The van der Waals surface area contributed by atoms with Crippen LogP contribution in [-0.2, 0) is 0 Å². The number of halogens is 1. The smallest absolute Gasteiger partial charge is 0.266 e. The van der Waals surface area contributed by atoms with Crippen molar-refractivity contribution in [3.63, 3.8) is 0 Å². The second kappa shape index (κ2) is 6.76. The van der Waals surface area contributed by atoms with Crippen molar-refractivity contribution < 1.29 is 13.7 Å². The maximum absolute atomic E-state index is 14.2. The van der Waals surface area contributed by atoms with Gasteiger partial charge in [-0.05, 0) is 43.6 Å². The molecular formula is C17H23FN4O2. The third-order valence-corrected chi connectivity index (χ3v) is 4.46. The highest BCUT2D eigenvalue weighted by molar-refractivity contribution is 5.60. The lowest BCUT2D eigenvalue weighted by Crippen LogP contribution is -2.49. The van der Waals surface area contributed by atoms with Gasteiger partial charge in [0.05, 0.1) is 12.7 Å². The summed E-state index contributed by atoms with van der Waals surface area (Å²) >= 11 is 0. The summed E-state index contributed by atoms with van der Waals surface area (Å²) in [7, 11) is 1.55. The molecule has 0 saturated carbocycles. The molecule has 1 aromatic heterocycles. The minimum atomic E-state index is -0.395. The molecule has 0 aliphatic carbocycles. The van der Waals surface area contributed by atoms with E-state index in [0.29, 0.717) is 17.7 Å². The van der Waals surface area contributed by atoms with E-state index in [2.05, 4.69) is 33.8 Å². The van der Waals surface area contributed by atoms with Gasteiger partial charge in [0.25, 0.3) is 11.8 Å². The molecule has 0 atom stereocenters. The van der Waals surface area contributed by atoms with Gasteiger partial charge in [-0.3, -0.25) is 4.90 Å². The average Bonchev–Trinajstić information content (AvgIpc) is 3.05. The van der Waals surface area contributed by atoms with Crippen LogP contribution >= 0.6 is 0 Å². The van der Waals surface area contributed by atoms with E-state index < -0.39 is 5.82 Å². The van der Waals surface area contributed by atoms with Crippen molar-refractivity contribution in [3.8, 4) is 17.2 Å². The molecule has 0 bridgehead atoms. The summed E-state index contributed by atoms with van der Waals surface area (Å²) in [5.74, 6) is 0.879. The maximum Gasteiger partial charge on any atom is 0.266 e. The van der Waals surface area contributed by atoms with Crippen molar-refractivity contribution in [2.24, 2.45) is 0 Å². The van der Waals surface area contributed by atoms with Crippen LogP contribution in [-0.4, -0.2) is 54.4 Å². The number of nitrogens with zero attached hydrogens (tertiary/aromatic N) is 4. The zero-order valence-corrected chi connectivity index (χ0v) is 14.5. The number of ether oxygens (including phenoxy) is 1. The van der Waals surface area contributed by atoms with E-state index in [9.17, 15) is 4.39 Å². The number of aromatic nitrogens is 2. The quantitative estimate of drug-likeness (QED) is 0.857. The summed E-state index contributed by atoms with van der Waals surface area (Å²) in [6, 6.07) is 3.54. The van der Waals surface area contributed by atoms with Gasteiger partial charge in [-0.1, -0.05) is 0 Å². The molecule has 3 rings (SSSR count). The number of hydrogen-bond acceptors (Lipinski definition) is 6. The van der Waals surface area contributed by atoms with Gasteiger partial charge in [0.15, 0.2) is 0 Å². The van der Waals surface area contributed by atoms with Crippen LogP contribution in [0.5, 0.6) is 5.75 Å². The lowest BCUT2D eigenvalue weighted by molar-refractivity contribution is 0.208. The molecule has 2 heterocycles. The number of benzene rings is 1. The second-order valence-electron chi connectivity index (χ2n) is 6.32. The SMILES string of the molecule is COc1cc(-c2nc(N3CCN(C(C)C)CC3)no2)c(F)cc1C. The van der Waals surface area contributed by atoms with Crippen molar-refractivity contribution >= 4 is 5.95 Å². The third-order valence-electron chi connectivity index (χ3n) is 4.46. The van der Waals surface area contributed by atoms with Gasteiger partial charge in [0.2, 0.25) is 0 Å². The second-order valence-corrected chi connectivity index (χ2v) is 6.32. The normalized spacial score (nSPS) is 16.0. The van der Waals surface area contributed by atoms with Gasteiger partial charge >= 0.3 is 0 Å². The van der Waals surface area contributed by atoms with Gasteiger partial charge in [0.1, 0.15) is 11.6 Å². The Kier molecular flexibility index (Phi) is 4.71. The van der Waals surface area contributed by atoms with Gasteiger partial charge in [-0.15, -0.1) is 0 Å². The summed E-state index contributed by atoms with van der Waals surface area (Å²) in [5.41, 5.74) is 0.986. The Morgan fingerprint density at radius 2 is 1.92 bits per heavy atom. The number of piperazine rings is 1. The van der Waals surface area contributed by atoms with Crippen molar-refractivity contribution in [2.45, 2.75) is 26.8 Å². The molecule has 1 aliphatic rings. The molecule has 1 fully saturated rings. The minimum Gasteiger partial charge on any atom is -0.496 e. The fraction of sp³-hybridized carbons (Fsp3) is 0.529. The highest BCUT2D eigenvalue weighted by atomic mass is 19.1. The van der Waals surface area contributed by atoms with Gasteiger partial charge in [-0.25, -0.2) is 4.39 Å². The molecule has 1 saturated heterocycles. The lowest BCUT2D eigenvalue weighted by Gasteiger charge is -2.36. The van der Waals surface area contributed by atoms with Gasteiger partial charge in [-0.2, -0.15) is 4.98 Å². The van der Waals surface area contributed by atoms with E-state index in [1.807, 2.05) is 0 Å². The maximum atomic E-state index is 14.2. The first-order valence-electron chi connectivity index (χ1n) is 8.16. The molecule has 2 aromatic rings. The number of hydrogen-bond donors (Lipinski definition) is 0. The number of rotatable bonds is 4. The van der Waals surface area contributed by atoms with Crippen LogP contribution in [0.4, 0.5) is 10.3 Å². The Hall–Kier alpha value is -2.15. The van der Waals surface area contributed by atoms with Crippen LogP contribution < -0.4 is 9.64 Å².